The van der Waals surface area contributed by atoms with Gasteiger partial charge in [-0.15, -0.1) is 0 Å². The van der Waals surface area contributed by atoms with Gasteiger partial charge in [0.15, 0.2) is 0 Å². The van der Waals surface area contributed by atoms with E-state index in [2.05, 4.69) is 5.32 Å². The number of rotatable bonds is 5. The molecule has 2 rings (SSSR count). The lowest BCUT2D eigenvalue weighted by Crippen LogP contribution is -2.32. The zero-order valence-electron chi connectivity index (χ0n) is 11.1. The summed E-state index contributed by atoms with van der Waals surface area (Å²) in [5.74, 6) is -8.14. The third-order valence-corrected chi connectivity index (χ3v) is 3.66. The second-order valence-corrected chi connectivity index (χ2v) is 5.15. The van der Waals surface area contributed by atoms with E-state index in [1.54, 1.807) is 0 Å². The molecule has 1 aliphatic carbocycles. The fourth-order valence-electron chi connectivity index (χ4n) is 2.26. The molecule has 0 radical (unpaired) electrons. The van der Waals surface area contributed by atoms with Crippen LogP contribution >= 0.6 is 0 Å². The van der Waals surface area contributed by atoms with E-state index in [9.17, 15) is 22.8 Å². The molecule has 0 saturated heterocycles. The van der Waals surface area contributed by atoms with E-state index < -0.39 is 47.9 Å². The molecule has 1 amide bonds. The van der Waals surface area contributed by atoms with Crippen LogP contribution in [0.15, 0.2) is 24.3 Å². The minimum Gasteiger partial charge on any atom is -0.481 e. The van der Waals surface area contributed by atoms with Crippen molar-refractivity contribution in [2.24, 2.45) is 11.8 Å². The van der Waals surface area contributed by atoms with Crippen molar-refractivity contribution in [1.82, 2.24) is 5.32 Å². The van der Waals surface area contributed by atoms with E-state index in [-0.39, 0.29) is 0 Å². The Labute approximate surface area is 119 Å². The van der Waals surface area contributed by atoms with Crippen molar-refractivity contribution in [2.45, 2.75) is 25.3 Å². The molecule has 1 aromatic carbocycles. The lowest BCUT2D eigenvalue weighted by Gasteiger charge is -2.17. The number of benzene rings is 1. The maximum atomic E-state index is 13.2. The second-order valence-electron chi connectivity index (χ2n) is 5.15. The number of hydrogen-bond donors (Lipinski definition) is 2. The molecule has 114 valence electrons. The normalized spacial score (nSPS) is 24.2. The number of carboxylic acids is 1. The largest absolute Gasteiger partial charge is 0.481 e. The predicted molar refractivity (Wildman–Crippen MR) is 67.1 cm³/mol. The first-order valence-electron chi connectivity index (χ1n) is 6.39. The fraction of sp³-hybridized carbons (Fsp3) is 0.429. The maximum absolute atomic E-state index is 13.2. The highest BCUT2D eigenvalue weighted by molar-refractivity contribution is 5.84. The minimum absolute atomic E-state index is 0.351. The number of hydrogen-bond acceptors (Lipinski definition) is 2. The number of alkyl halides is 2. The van der Waals surface area contributed by atoms with Crippen molar-refractivity contribution in [3.63, 3.8) is 0 Å². The third-order valence-electron chi connectivity index (χ3n) is 3.66. The molecular formula is C14H14F3NO3. The summed E-state index contributed by atoms with van der Waals surface area (Å²) in [7, 11) is 0. The van der Waals surface area contributed by atoms with E-state index >= 15 is 0 Å². The quantitative estimate of drug-likeness (QED) is 0.877. The molecule has 0 aliphatic heterocycles. The summed E-state index contributed by atoms with van der Waals surface area (Å²) in [4.78, 5) is 22.6. The number of carbonyl (C=O) groups excluding carboxylic acids is 1. The van der Waals surface area contributed by atoms with Crippen molar-refractivity contribution >= 4 is 11.9 Å². The number of carboxylic acid groups (broad SMARTS) is 1. The standard InChI is InChI=1S/C14H14F3NO3/c1-7-12(14(7,16)17)13(21)18-10(6-11(19)20)8-2-4-9(15)5-3-8/h2-5,7,10,12H,6H2,1H3,(H,18,21)(H,19,20)/t7-,10?,12+/m1/s1. The summed E-state index contributed by atoms with van der Waals surface area (Å²) in [5.41, 5.74) is 0.351. The Morgan fingerprint density at radius 3 is 2.29 bits per heavy atom. The van der Waals surface area contributed by atoms with Gasteiger partial charge in [-0.25, -0.2) is 13.2 Å². The topological polar surface area (TPSA) is 66.4 Å². The van der Waals surface area contributed by atoms with Gasteiger partial charge in [-0.1, -0.05) is 19.1 Å². The van der Waals surface area contributed by atoms with Crippen molar-refractivity contribution < 1.29 is 27.9 Å². The van der Waals surface area contributed by atoms with Crippen LogP contribution in [0.5, 0.6) is 0 Å². The molecule has 1 fully saturated rings. The zero-order valence-corrected chi connectivity index (χ0v) is 11.1. The summed E-state index contributed by atoms with van der Waals surface area (Å²) < 4.78 is 39.2. The summed E-state index contributed by atoms with van der Waals surface area (Å²) in [6.45, 7) is 1.26. The molecule has 0 bridgehead atoms. The fourth-order valence-corrected chi connectivity index (χ4v) is 2.26. The average molecular weight is 301 g/mol. The Balaban J connectivity index is 2.12. The first-order chi connectivity index (χ1) is 9.73. The van der Waals surface area contributed by atoms with Crippen molar-refractivity contribution in [3.05, 3.63) is 35.6 Å². The summed E-state index contributed by atoms with van der Waals surface area (Å²) >= 11 is 0. The molecule has 1 aromatic rings. The molecule has 21 heavy (non-hydrogen) atoms. The lowest BCUT2D eigenvalue weighted by molar-refractivity contribution is -0.137. The number of halogens is 3. The van der Waals surface area contributed by atoms with Gasteiger partial charge in [-0.2, -0.15) is 0 Å². The first kappa shape index (κ1) is 15.3. The van der Waals surface area contributed by atoms with Crippen LogP contribution in [0, 0.1) is 17.7 Å². The SMILES string of the molecule is C[C@@H]1[C@@H](C(=O)NC(CC(=O)O)c2ccc(F)cc2)C1(F)F. The van der Waals surface area contributed by atoms with Gasteiger partial charge >= 0.3 is 5.97 Å². The molecule has 1 unspecified atom stereocenters. The van der Waals surface area contributed by atoms with Crippen LogP contribution in [0.2, 0.25) is 0 Å². The smallest absolute Gasteiger partial charge is 0.305 e. The van der Waals surface area contributed by atoms with Crippen molar-refractivity contribution in [1.29, 1.82) is 0 Å². The van der Waals surface area contributed by atoms with Gasteiger partial charge in [-0.05, 0) is 17.7 Å². The van der Waals surface area contributed by atoms with Gasteiger partial charge in [0, 0.05) is 5.92 Å². The predicted octanol–water partition coefficient (Wildman–Crippen LogP) is 2.36. The summed E-state index contributed by atoms with van der Waals surface area (Å²) in [6, 6.07) is 3.89. The molecule has 4 nitrogen and oxygen atoms in total. The van der Waals surface area contributed by atoms with E-state index in [0.717, 1.165) is 12.1 Å². The van der Waals surface area contributed by atoms with E-state index in [0.29, 0.717) is 5.56 Å². The van der Waals surface area contributed by atoms with Gasteiger partial charge in [0.25, 0.3) is 5.92 Å². The summed E-state index contributed by atoms with van der Waals surface area (Å²) in [5, 5.41) is 11.2. The van der Waals surface area contributed by atoms with Crippen LogP contribution in [0.3, 0.4) is 0 Å². The number of aliphatic carboxylic acids is 1. The van der Waals surface area contributed by atoms with Crippen molar-refractivity contribution in [2.75, 3.05) is 0 Å². The van der Waals surface area contributed by atoms with Crippen LogP contribution in [0.1, 0.15) is 24.9 Å². The van der Waals surface area contributed by atoms with Crippen LogP contribution < -0.4 is 5.32 Å². The minimum atomic E-state index is -3.05. The van der Waals surface area contributed by atoms with Crippen LogP contribution in [-0.4, -0.2) is 22.9 Å². The van der Waals surface area contributed by atoms with Gasteiger partial charge < -0.3 is 10.4 Å². The monoisotopic (exact) mass is 301 g/mol. The Morgan fingerprint density at radius 2 is 1.86 bits per heavy atom. The molecule has 0 aromatic heterocycles. The Hall–Kier alpha value is -2.05. The molecule has 1 saturated carbocycles. The second kappa shape index (κ2) is 5.38. The molecule has 1 aliphatic rings. The van der Waals surface area contributed by atoms with E-state index in [1.165, 1.54) is 19.1 Å². The highest BCUT2D eigenvalue weighted by Gasteiger charge is 2.69. The zero-order chi connectivity index (χ0) is 15.8. The van der Waals surface area contributed by atoms with E-state index in [1.807, 2.05) is 0 Å². The average Bonchev–Trinajstić information content (AvgIpc) is 2.88. The van der Waals surface area contributed by atoms with E-state index in [4.69, 9.17) is 5.11 Å². The van der Waals surface area contributed by atoms with Gasteiger partial charge in [0.05, 0.1) is 12.5 Å². The Morgan fingerprint density at radius 1 is 1.33 bits per heavy atom. The number of carbonyl (C=O) groups is 2. The third kappa shape index (κ3) is 3.17. The molecule has 0 heterocycles. The molecule has 2 N–H and O–H groups in total. The van der Waals surface area contributed by atoms with Crippen LogP contribution in [0.4, 0.5) is 13.2 Å². The van der Waals surface area contributed by atoms with Gasteiger partial charge in [-0.3, -0.25) is 9.59 Å². The maximum Gasteiger partial charge on any atom is 0.305 e. The molecule has 7 heteroatoms. The lowest BCUT2D eigenvalue weighted by atomic mass is 10.0. The molecule has 0 spiro atoms. The van der Waals surface area contributed by atoms with Gasteiger partial charge in [0.1, 0.15) is 11.7 Å². The number of amides is 1. The van der Waals surface area contributed by atoms with Crippen LogP contribution in [-0.2, 0) is 9.59 Å². The number of nitrogens with one attached hydrogen (secondary N) is 1. The first-order valence-corrected chi connectivity index (χ1v) is 6.39. The molecule has 3 atom stereocenters. The Bertz CT molecular complexity index is 559. The highest BCUT2D eigenvalue weighted by Crippen LogP contribution is 2.55. The van der Waals surface area contributed by atoms with Crippen LogP contribution in [0.25, 0.3) is 0 Å². The Kier molecular flexibility index (Phi) is 3.93. The molecular weight excluding hydrogens is 287 g/mol. The highest BCUT2D eigenvalue weighted by atomic mass is 19.3. The van der Waals surface area contributed by atoms with Crippen molar-refractivity contribution in [3.8, 4) is 0 Å². The van der Waals surface area contributed by atoms with Gasteiger partial charge in [0.2, 0.25) is 5.91 Å². The summed E-state index contributed by atoms with van der Waals surface area (Å²) in [6.07, 6.45) is -0.468.